The fourth-order valence-electron chi connectivity index (χ4n) is 2.91. The molecule has 0 spiro atoms. The number of hydrogen-bond acceptors (Lipinski definition) is 5. The average Bonchev–Trinajstić information content (AvgIpc) is 3.11. The van der Waals surface area contributed by atoms with E-state index in [0.29, 0.717) is 0 Å². The third-order valence-corrected chi connectivity index (χ3v) is 4.62. The van der Waals surface area contributed by atoms with Gasteiger partial charge in [-0.25, -0.2) is 14.6 Å². The molecule has 3 heterocycles. The zero-order chi connectivity index (χ0) is 15.4. The number of alkyl halides is 1. The fourth-order valence-corrected chi connectivity index (χ4v) is 3.37. The summed E-state index contributed by atoms with van der Waals surface area (Å²) in [5.41, 5.74) is 0. The number of halogens is 1. The molecule has 0 saturated carbocycles. The van der Waals surface area contributed by atoms with Gasteiger partial charge in [-0.15, -0.1) is 0 Å². The van der Waals surface area contributed by atoms with Crippen molar-refractivity contribution in [3.05, 3.63) is 36.9 Å². The molecule has 118 valence electrons. The highest BCUT2D eigenvalue weighted by Crippen LogP contribution is 2.32. The predicted octanol–water partition coefficient (Wildman–Crippen LogP) is 2.14. The molecule has 1 atom stereocenters. The number of piperazine rings is 1. The van der Waals surface area contributed by atoms with Gasteiger partial charge in [-0.05, 0) is 12.1 Å². The van der Waals surface area contributed by atoms with Crippen LogP contribution in [-0.2, 0) is 5.12 Å². The first kappa shape index (κ1) is 15.2. The van der Waals surface area contributed by atoms with Crippen LogP contribution < -0.4 is 4.90 Å². The van der Waals surface area contributed by atoms with Crippen molar-refractivity contribution in [2.75, 3.05) is 31.1 Å². The van der Waals surface area contributed by atoms with Gasteiger partial charge in [0.15, 0.2) is 5.12 Å². The topological polar surface area (TPSA) is 50.1 Å². The van der Waals surface area contributed by atoms with E-state index in [1.165, 1.54) is 0 Å². The molecular formula is C15H21ClN6. The third kappa shape index (κ3) is 2.94. The molecule has 2 aromatic heterocycles. The highest BCUT2D eigenvalue weighted by Gasteiger charge is 2.38. The Morgan fingerprint density at radius 2 is 1.82 bits per heavy atom. The summed E-state index contributed by atoms with van der Waals surface area (Å²) in [7, 11) is 0. The van der Waals surface area contributed by atoms with Gasteiger partial charge >= 0.3 is 0 Å². The molecule has 22 heavy (non-hydrogen) atoms. The van der Waals surface area contributed by atoms with Crippen LogP contribution in [0.1, 0.15) is 19.8 Å². The minimum atomic E-state index is -0.581. The van der Waals surface area contributed by atoms with Gasteiger partial charge in [-0.2, -0.15) is 5.10 Å². The summed E-state index contributed by atoms with van der Waals surface area (Å²) < 4.78 is 1.87. The Labute approximate surface area is 135 Å². The summed E-state index contributed by atoms with van der Waals surface area (Å²) in [6, 6.07) is 3.75. The van der Waals surface area contributed by atoms with Crippen molar-refractivity contribution in [1.82, 2.24) is 24.6 Å². The zero-order valence-corrected chi connectivity index (χ0v) is 13.5. The smallest absolute Gasteiger partial charge is 0.225 e. The van der Waals surface area contributed by atoms with E-state index in [1.54, 1.807) is 18.6 Å². The summed E-state index contributed by atoms with van der Waals surface area (Å²) in [4.78, 5) is 13.1. The fraction of sp³-hybridized carbons (Fsp3) is 0.533. The Bertz CT molecular complexity index is 567. The van der Waals surface area contributed by atoms with Crippen LogP contribution in [-0.4, -0.2) is 50.8 Å². The van der Waals surface area contributed by atoms with E-state index in [2.05, 4.69) is 31.8 Å². The zero-order valence-electron chi connectivity index (χ0n) is 12.8. The summed E-state index contributed by atoms with van der Waals surface area (Å²) in [6.07, 6.45) is 9.14. The maximum atomic E-state index is 6.96. The lowest BCUT2D eigenvalue weighted by atomic mass is 10.2. The minimum absolute atomic E-state index is 0.581. The number of aromatic nitrogens is 4. The second-order valence-corrected chi connectivity index (χ2v) is 6.05. The molecule has 0 N–H and O–H groups in total. The number of anilines is 1. The van der Waals surface area contributed by atoms with Crippen LogP contribution in [0.15, 0.2) is 36.9 Å². The highest BCUT2D eigenvalue weighted by atomic mass is 35.5. The Morgan fingerprint density at radius 3 is 2.41 bits per heavy atom. The van der Waals surface area contributed by atoms with Crippen molar-refractivity contribution in [2.24, 2.45) is 0 Å². The second kappa shape index (κ2) is 6.62. The maximum absolute atomic E-state index is 6.96. The molecule has 6 nitrogen and oxygen atoms in total. The van der Waals surface area contributed by atoms with Crippen LogP contribution in [0.25, 0.3) is 0 Å². The molecule has 1 aliphatic rings. The van der Waals surface area contributed by atoms with Crippen molar-refractivity contribution in [3.8, 4) is 0 Å². The SMILES string of the molecule is CCCC(Cl)(N1CCN(c2ncccn2)CC1)n1cccn1. The first-order chi connectivity index (χ1) is 10.7. The first-order valence-corrected chi connectivity index (χ1v) is 8.08. The van der Waals surface area contributed by atoms with E-state index >= 15 is 0 Å². The Morgan fingerprint density at radius 1 is 1.09 bits per heavy atom. The molecule has 3 rings (SSSR count). The third-order valence-electron chi connectivity index (χ3n) is 4.02. The molecule has 0 aliphatic carbocycles. The number of nitrogens with zero attached hydrogens (tertiary/aromatic N) is 6. The summed E-state index contributed by atoms with van der Waals surface area (Å²) in [5, 5.41) is 3.78. The molecule has 0 radical (unpaired) electrons. The van der Waals surface area contributed by atoms with E-state index in [9.17, 15) is 0 Å². The summed E-state index contributed by atoms with van der Waals surface area (Å²) in [6.45, 7) is 5.60. The van der Waals surface area contributed by atoms with Gasteiger partial charge in [0.1, 0.15) is 0 Å². The maximum Gasteiger partial charge on any atom is 0.225 e. The molecular weight excluding hydrogens is 300 g/mol. The molecule has 1 saturated heterocycles. The van der Waals surface area contributed by atoms with Gasteiger partial charge < -0.3 is 4.90 Å². The van der Waals surface area contributed by atoms with Gasteiger partial charge in [0.05, 0.1) is 0 Å². The van der Waals surface area contributed by atoms with Gasteiger partial charge in [0.25, 0.3) is 0 Å². The highest BCUT2D eigenvalue weighted by molar-refractivity contribution is 6.21. The monoisotopic (exact) mass is 320 g/mol. The minimum Gasteiger partial charge on any atom is -0.338 e. The average molecular weight is 321 g/mol. The summed E-state index contributed by atoms with van der Waals surface area (Å²) in [5.74, 6) is 0.789. The number of rotatable bonds is 5. The normalized spacial score (nSPS) is 19.1. The van der Waals surface area contributed by atoms with Gasteiger partial charge in [-0.3, -0.25) is 4.90 Å². The van der Waals surface area contributed by atoms with E-state index in [0.717, 1.165) is 45.0 Å². The van der Waals surface area contributed by atoms with Crippen LogP contribution in [0.4, 0.5) is 5.95 Å². The van der Waals surface area contributed by atoms with Crippen molar-refractivity contribution in [1.29, 1.82) is 0 Å². The molecule has 1 aliphatic heterocycles. The van der Waals surface area contributed by atoms with Gasteiger partial charge in [0.2, 0.25) is 5.95 Å². The molecule has 0 bridgehead atoms. The first-order valence-electron chi connectivity index (χ1n) is 7.70. The van der Waals surface area contributed by atoms with Crippen LogP contribution in [0, 0.1) is 0 Å². The molecule has 0 aromatic carbocycles. The lowest BCUT2D eigenvalue weighted by molar-refractivity contribution is 0.0688. The van der Waals surface area contributed by atoms with Crippen molar-refractivity contribution >= 4 is 17.5 Å². The quantitative estimate of drug-likeness (QED) is 0.624. The lowest BCUT2D eigenvalue weighted by Gasteiger charge is -2.44. The standard InChI is InChI=1S/C15H21ClN6/c1-2-5-15(16,22-9-4-8-19-22)21-12-10-20(11-13-21)14-17-6-3-7-18-14/h3-4,6-9H,2,5,10-13H2,1H3. The largest absolute Gasteiger partial charge is 0.338 e. The second-order valence-electron chi connectivity index (χ2n) is 5.44. The van der Waals surface area contributed by atoms with Crippen LogP contribution in [0.2, 0.25) is 0 Å². The molecule has 2 aromatic rings. The Hall–Kier alpha value is -1.66. The Balaban J connectivity index is 1.71. The van der Waals surface area contributed by atoms with Crippen molar-refractivity contribution in [3.63, 3.8) is 0 Å². The van der Waals surface area contributed by atoms with Crippen LogP contribution >= 0.6 is 11.6 Å². The van der Waals surface area contributed by atoms with Crippen LogP contribution in [0.5, 0.6) is 0 Å². The lowest BCUT2D eigenvalue weighted by Crippen LogP contribution is -2.56. The van der Waals surface area contributed by atoms with Crippen molar-refractivity contribution < 1.29 is 0 Å². The molecule has 0 amide bonds. The van der Waals surface area contributed by atoms with E-state index in [1.807, 2.05) is 23.0 Å². The van der Waals surface area contributed by atoms with Gasteiger partial charge in [0, 0.05) is 57.4 Å². The van der Waals surface area contributed by atoms with E-state index in [4.69, 9.17) is 11.6 Å². The van der Waals surface area contributed by atoms with E-state index < -0.39 is 5.12 Å². The molecule has 1 unspecified atom stereocenters. The predicted molar refractivity (Wildman–Crippen MR) is 86.8 cm³/mol. The van der Waals surface area contributed by atoms with Crippen LogP contribution in [0.3, 0.4) is 0 Å². The number of hydrogen-bond donors (Lipinski definition) is 0. The molecule has 7 heteroatoms. The molecule has 1 fully saturated rings. The summed E-state index contributed by atoms with van der Waals surface area (Å²) >= 11 is 6.96. The Kier molecular flexibility index (Phi) is 4.59. The van der Waals surface area contributed by atoms with E-state index in [-0.39, 0.29) is 0 Å². The van der Waals surface area contributed by atoms with Crippen molar-refractivity contribution in [2.45, 2.75) is 24.9 Å². The van der Waals surface area contributed by atoms with Gasteiger partial charge in [-0.1, -0.05) is 24.9 Å².